The highest BCUT2D eigenvalue weighted by Crippen LogP contribution is 2.43. The fourth-order valence-corrected chi connectivity index (χ4v) is 9.72. The van der Waals surface area contributed by atoms with Gasteiger partial charge in [-0.15, -0.1) is 0 Å². The van der Waals surface area contributed by atoms with Crippen molar-refractivity contribution in [1.82, 2.24) is 0 Å². The van der Waals surface area contributed by atoms with Gasteiger partial charge in [0.05, 0.1) is 13.2 Å². The number of phosphoric ester groups is 1. The van der Waals surface area contributed by atoms with E-state index < -0.39 is 26.5 Å². The van der Waals surface area contributed by atoms with Crippen LogP contribution in [0, 0.1) is 0 Å². The van der Waals surface area contributed by atoms with Crippen molar-refractivity contribution in [2.24, 2.45) is 5.73 Å². The van der Waals surface area contributed by atoms with Crippen molar-refractivity contribution in [3.63, 3.8) is 0 Å². The van der Waals surface area contributed by atoms with Gasteiger partial charge in [-0.2, -0.15) is 0 Å². The predicted molar refractivity (Wildman–Crippen MR) is 303 cm³/mol. The van der Waals surface area contributed by atoms with Crippen LogP contribution >= 0.6 is 7.82 Å². The molecule has 0 amide bonds. The third-order valence-corrected chi connectivity index (χ3v) is 14.5. The molecule has 3 N–H and O–H groups in total. The van der Waals surface area contributed by atoms with Gasteiger partial charge in [-0.1, -0.05) is 262 Å². The summed E-state index contributed by atoms with van der Waals surface area (Å²) < 4.78 is 33.0. The molecule has 9 nitrogen and oxygen atoms in total. The third-order valence-electron chi connectivity index (χ3n) is 13.5. The van der Waals surface area contributed by atoms with Crippen LogP contribution in [-0.2, 0) is 32.7 Å². The van der Waals surface area contributed by atoms with E-state index in [0.717, 1.165) is 51.4 Å². The van der Waals surface area contributed by atoms with Gasteiger partial charge >= 0.3 is 19.8 Å². The van der Waals surface area contributed by atoms with Crippen LogP contribution in [0.3, 0.4) is 0 Å². The van der Waals surface area contributed by atoms with E-state index in [1.807, 2.05) is 0 Å². The number of esters is 2. The number of nitrogens with two attached hydrogens (primary N) is 1. The summed E-state index contributed by atoms with van der Waals surface area (Å²) in [7, 11) is -4.39. The average Bonchev–Trinajstić information content (AvgIpc) is 3.36. The molecule has 0 saturated carbocycles. The highest BCUT2D eigenvalue weighted by atomic mass is 31.2. The first kappa shape index (κ1) is 69.2. The minimum absolute atomic E-state index is 0.0531. The molecule has 0 aromatic rings. The monoisotopic (exact) mass is 1020 g/mol. The molecule has 0 aromatic carbocycles. The number of phosphoric acid groups is 1. The number of rotatable bonds is 58. The van der Waals surface area contributed by atoms with Crippen LogP contribution < -0.4 is 5.73 Å². The van der Waals surface area contributed by atoms with Crippen LogP contribution in [0.25, 0.3) is 0 Å². The highest BCUT2D eigenvalue weighted by Gasteiger charge is 2.26. The van der Waals surface area contributed by atoms with Crippen LogP contribution in [0.1, 0.15) is 309 Å². The van der Waals surface area contributed by atoms with Gasteiger partial charge in [-0.25, -0.2) is 4.57 Å². The van der Waals surface area contributed by atoms with Gasteiger partial charge in [0, 0.05) is 19.4 Å². The van der Waals surface area contributed by atoms with Crippen molar-refractivity contribution >= 4 is 19.8 Å². The summed E-state index contributed by atoms with van der Waals surface area (Å²) in [5.41, 5.74) is 5.38. The molecule has 0 saturated heterocycles. The fraction of sp³-hybridized carbons (Fsp3) is 0.869. The Labute approximate surface area is 439 Å². The molecule has 0 fully saturated rings. The first-order valence-corrected chi connectivity index (χ1v) is 32.0. The highest BCUT2D eigenvalue weighted by molar-refractivity contribution is 7.47. The van der Waals surface area contributed by atoms with Crippen molar-refractivity contribution in [3.8, 4) is 0 Å². The van der Waals surface area contributed by atoms with Gasteiger partial charge < -0.3 is 20.1 Å². The second-order valence-corrected chi connectivity index (χ2v) is 22.0. The lowest BCUT2D eigenvalue weighted by molar-refractivity contribution is -0.161. The minimum atomic E-state index is -4.39. The first-order valence-electron chi connectivity index (χ1n) is 30.5. The van der Waals surface area contributed by atoms with Crippen LogP contribution in [0.2, 0.25) is 0 Å². The minimum Gasteiger partial charge on any atom is -0.462 e. The maximum absolute atomic E-state index is 12.7. The summed E-state index contributed by atoms with van der Waals surface area (Å²) in [5, 5.41) is 0. The van der Waals surface area contributed by atoms with Crippen molar-refractivity contribution in [3.05, 3.63) is 36.5 Å². The van der Waals surface area contributed by atoms with E-state index in [0.29, 0.717) is 6.42 Å². The molecule has 0 bridgehead atoms. The molecule has 2 atom stereocenters. The van der Waals surface area contributed by atoms with Crippen molar-refractivity contribution in [2.45, 2.75) is 315 Å². The fourth-order valence-electron chi connectivity index (χ4n) is 8.96. The zero-order valence-corrected chi connectivity index (χ0v) is 47.6. The lowest BCUT2D eigenvalue weighted by atomic mass is 10.0. The van der Waals surface area contributed by atoms with E-state index >= 15 is 0 Å². The van der Waals surface area contributed by atoms with Gasteiger partial charge in [-0.3, -0.25) is 18.6 Å². The molecule has 2 unspecified atom stereocenters. The van der Waals surface area contributed by atoms with Gasteiger partial charge in [0.25, 0.3) is 0 Å². The Kier molecular flexibility index (Phi) is 56.1. The molecule has 71 heavy (non-hydrogen) atoms. The quantitative estimate of drug-likeness (QED) is 0.0264. The lowest BCUT2D eigenvalue weighted by Crippen LogP contribution is -2.29. The molecule has 0 aromatic heterocycles. The molecule has 0 heterocycles. The molecule has 0 aliphatic carbocycles. The summed E-state index contributed by atoms with van der Waals surface area (Å²) in [6, 6.07) is 0. The van der Waals surface area contributed by atoms with E-state index in [1.54, 1.807) is 0 Å². The molecule has 0 spiro atoms. The summed E-state index contributed by atoms with van der Waals surface area (Å²) in [6.45, 7) is 3.75. The topological polar surface area (TPSA) is 134 Å². The Balaban J connectivity index is 3.83. The zero-order chi connectivity index (χ0) is 51.7. The van der Waals surface area contributed by atoms with E-state index in [2.05, 4.69) is 50.3 Å². The Morgan fingerprint density at radius 1 is 0.423 bits per heavy atom. The number of ether oxygens (including phenoxy) is 2. The van der Waals surface area contributed by atoms with Gasteiger partial charge in [-0.05, 0) is 70.6 Å². The SMILES string of the molecule is CCCCC/C=C\C/C=C\CCCCCCCCCC(=O)OC(COC(=O)CCCCCCCCCCCCCCCCCCCCCCC/C=C\CCCCCCCCCC)COP(=O)(O)OCCN. The molecular formula is C61H116NO8P. The number of hydrogen-bond donors (Lipinski definition) is 2. The van der Waals surface area contributed by atoms with Gasteiger partial charge in [0.1, 0.15) is 6.61 Å². The lowest BCUT2D eigenvalue weighted by Gasteiger charge is -2.19. The van der Waals surface area contributed by atoms with Gasteiger partial charge in [0.2, 0.25) is 0 Å². The number of hydrogen-bond acceptors (Lipinski definition) is 8. The summed E-state index contributed by atoms with van der Waals surface area (Å²) in [5.74, 6) is -0.823. The van der Waals surface area contributed by atoms with Crippen molar-refractivity contribution in [2.75, 3.05) is 26.4 Å². The summed E-state index contributed by atoms with van der Waals surface area (Å²) in [6.07, 6.45) is 69.4. The Morgan fingerprint density at radius 3 is 1.11 bits per heavy atom. The van der Waals surface area contributed by atoms with Crippen molar-refractivity contribution in [1.29, 1.82) is 0 Å². The molecular weight excluding hydrogens is 906 g/mol. The maximum Gasteiger partial charge on any atom is 0.472 e. The third kappa shape index (κ3) is 57.4. The Bertz CT molecular complexity index is 1260. The number of unbranched alkanes of at least 4 members (excludes halogenated alkanes) is 39. The van der Waals surface area contributed by atoms with E-state index in [9.17, 15) is 19.0 Å². The van der Waals surface area contributed by atoms with Crippen LogP contribution in [0.4, 0.5) is 0 Å². The predicted octanol–water partition coefficient (Wildman–Crippen LogP) is 19.2. The Morgan fingerprint density at radius 2 is 0.732 bits per heavy atom. The molecule has 0 radical (unpaired) electrons. The Hall–Kier alpha value is -1.77. The van der Waals surface area contributed by atoms with E-state index in [4.69, 9.17) is 24.3 Å². The number of allylic oxidation sites excluding steroid dienone is 6. The van der Waals surface area contributed by atoms with Crippen molar-refractivity contribution < 1.29 is 37.6 Å². The standard InChI is InChI=1S/C61H116NO8P/c1-3-5-7-9-11-13-15-17-19-21-22-23-24-25-26-27-28-29-30-31-32-33-34-35-36-38-39-41-43-45-47-49-51-53-60(63)67-57-59(58-69-71(65,66)68-56-55-62)70-61(64)54-52-50-48-46-44-42-40-37-20-18-16-14-12-10-8-6-4-2/h12,14,18,20-22,59H,3-11,13,15-17,19,23-58,62H2,1-2H3,(H,65,66)/b14-12-,20-18-,22-21-. The molecule has 418 valence electrons. The van der Waals surface area contributed by atoms with Gasteiger partial charge in [0.15, 0.2) is 6.10 Å². The summed E-state index contributed by atoms with van der Waals surface area (Å²) in [4.78, 5) is 35.2. The average molecular weight is 1020 g/mol. The van der Waals surface area contributed by atoms with Crippen LogP contribution in [-0.4, -0.2) is 49.3 Å². The number of carbonyl (C=O) groups excluding carboxylic acids is 2. The first-order chi connectivity index (χ1) is 34.8. The second-order valence-electron chi connectivity index (χ2n) is 20.6. The summed E-state index contributed by atoms with van der Waals surface area (Å²) >= 11 is 0. The number of carbonyl (C=O) groups is 2. The molecule has 0 rings (SSSR count). The van der Waals surface area contributed by atoms with Crippen LogP contribution in [0.15, 0.2) is 36.5 Å². The second kappa shape index (κ2) is 57.5. The smallest absolute Gasteiger partial charge is 0.462 e. The molecule has 0 aliphatic heterocycles. The zero-order valence-electron chi connectivity index (χ0n) is 46.7. The van der Waals surface area contributed by atoms with Crippen LogP contribution in [0.5, 0.6) is 0 Å². The van der Waals surface area contributed by atoms with E-state index in [1.165, 1.54) is 225 Å². The largest absolute Gasteiger partial charge is 0.472 e. The normalized spacial score (nSPS) is 13.2. The van der Waals surface area contributed by atoms with E-state index in [-0.39, 0.29) is 38.6 Å². The maximum atomic E-state index is 12.7. The molecule has 0 aliphatic rings. The molecule has 10 heteroatoms.